The van der Waals surface area contributed by atoms with Crippen molar-refractivity contribution in [2.75, 3.05) is 0 Å². The molecular formula is C18H17NO2S. The van der Waals surface area contributed by atoms with E-state index in [1.807, 2.05) is 59.7 Å². The van der Waals surface area contributed by atoms with E-state index in [-0.39, 0.29) is 5.91 Å². The molecule has 112 valence electrons. The molecule has 0 aliphatic carbocycles. The lowest BCUT2D eigenvalue weighted by Crippen LogP contribution is -2.29. The van der Waals surface area contributed by atoms with Gasteiger partial charge in [0.2, 0.25) is 0 Å². The number of benzene rings is 1. The van der Waals surface area contributed by atoms with Crippen molar-refractivity contribution in [2.24, 2.45) is 0 Å². The molecule has 0 radical (unpaired) electrons. The van der Waals surface area contributed by atoms with Crippen molar-refractivity contribution in [3.8, 4) is 0 Å². The molecule has 4 heteroatoms. The van der Waals surface area contributed by atoms with E-state index < -0.39 is 0 Å². The third-order valence-electron chi connectivity index (χ3n) is 3.43. The first-order chi connectivity index (χ1) is 10.7. The highest BCUT2D eigenvalue weighted by atomic mass is 32.1. The average Bonchev–Trinajstić information content (AvgIpc) is 3.19. The van der Waals surface area contributed by atoms with Crippen molar-refractivity contribution in [3.63, 3.8) is 0 Å². The highest BCUT2D eigenvalue weighted by Gasteiger charge is 2.18. The molecule has 1 amide bonds. The molecule has 0 aliphatic heterocycles. The highest BCUT2D eigenvalue weighted by Crippen LogP contribution is 2.17. The maximum atomic E-state index is 12.8. The van der Waals surface area contributed by atoms with Crippen LogP contribution in [0.15, 0.2) is 63.9 Å². The lowest BCUT2D eigenvalue weighted by atomic mass is 10.1. The number of rotatable bonds is 5. The Morgan fingerprint density at radius 3 is 2.77 bits per heavy atom. The van der Waals surface area contributed by atoms with Crippen LogP contribution < -0.4 is 0 Å². The predicted octanol–water partition coefficient (Wildman–Crippen LogP) is 4.49. The minimum Gasteiger partial charge on any atom is -0.467 e. The number of aryl methyl sites for hydroxylation is 1. The van der Waals surface area contributed by atoms with Gasteiger partial charge >= 0.3 is 0 Å². The van der Waals surface area contributed by atoms with Gasteiger partial charge in [0.25, 0.3) is 5.91 Å². The van der Waals surface area contributed by atoms with E-state index >= 15 is 0 Å². The van der Waals surface area contributed by atoms with E-state index in [4.69, 9.17) is 4.42 Å². The summed E-state index contributed by atoms with van der Waals surface area (Å²) >= 11 is 1.64. The molecule has 3 nitrogen and oxygen atoms in total. The Bertz CT molecular complexity index is 696. The maximum Gasteiger partial charge on any atom is 0.254 e. The van der Waals surface area contributed by atoms with Crippen LogP contribution in [0.25, 0.3) is 0 Å². The minimum atomic E-state index is 0.0197. The Morgan fingerprint density at radius 1 is 1.18 bits per heavy atom. The lowest BCUT2D eigenvalue weighted by Gasteiger charge is -2.21. The molecule has 0 N–H and O–H groups in total. The molecule has 0 unspecified atom stereocenters. The van der Waals surface area contributed by atoms with Gasteiger partial charge in [-0.25, -0.2) is 0 Å². The molecule has 0 bridgehead atoms. The Balaban J connectivity index is 1.85. The van der Waals surface area contributed by atoms with Crippen LogP contribution >= 0.6 is 11.3 Å². The number of furan rings is 1. The topological polar surface area (TPSA) is 33.5 Å². The van der Waals surface area contributed by atoms with Crippen LogP contribution in [0.3, 0.4) is 0 Å². The summed E-state index contributed by atoms with van der Waals surface area (Å²) in [7, 11) is 0. The molecule has 0 fully saturated rings. The second-order valence-corrected chi connectivity index (χ2v) is 6.02. The fourth-order valence-corrected chi connectivity index (χ4v) is 3.01. The second-order valence-electron chi connectivity index (χ2n) is 5.24. The summed E-state index contributed by atoms with van der Waals surface area (Å²) in [5, 5.41) is 4.09. The van der Waals surface area contributed by atoms with Gasteiger partial charge in [-0.3, -0.25) is 4.79 Å². The summed E-state index contributed by atoms with van der Waals surface area (Å²) in [6.07, 6.45) is 1.63. The smallest absolute Gasteiger partial charge is 0.254 e. The van der Waals surface area contributed by atoms with Crippen molar-refractivity contribution in [3.05, 3.63) is 81.9 Å². The molecule has 2 heterocycles. The fourth-order valence-electron chi connectivity index (χ4n) is 2.35. The predicted molar refractivity (Wildman–Crippen MR) is 87.8 cm³/mol. The molecule has 0 spiro atoms. The number of carbonyl (C=O) groups excluding carboxylic acids is 1. The van der Waals surface area contributed by atoms with Gasteiger partial charge in [-0.2, -0.15) is 11.3 Å². The van der Waals surface area contributed by atoms with Gasteiger partial charge in [-0.1, -0.05) is 17.7 Å². The van der Waals surface area contributed by atoms with Crippen molar-refractivity contribution >= 4 is 17.2 Å². The Labute approximate surface area is 133 Å². The zero-order valence-electron chi connectivity index (χ0n) is 12.4. The summed E-state index contributed by atoms with van der Waals surface area (Å²) in [5.74, 6) is 0.808. The largest absolute Gasteiger partial charge is 0.467 e. The Morgan fingerprint density at radius 2 is 2.09 bits per heavy atom. The monoisotopic (exact) mass is 311 g/mol. The SMILES string of the molecule is Cc1cccc(C(=O)N(Cc2ccsc2)Cc2ccco2)c1. The highest BCUT2D eigenvalue weighted by molar-refractivity contribution is 7.07. The first-order valence-electron chi connectivity index (χ1n) is 7.12. The molecule has 1 aromatic carbocycles. The van der Waals surface area contributed by atoms with Crippen LogP contribution in [-0.4, -0.2) is 10.8 Å². The van der Waals surface area contributed by atoms with E-state index in [0.29, 0.717) is 18.7 Å². The van der Waals surface area contributed by atoms with Crippen LogP contribution in [0.4, 0.5) is 0 Å². The molecule has 22 heavy (non-hydrogen) atoms. The van der Waals surface area contributed by atoms with Crippen molar-refractivity contribution in [2.45, 2.75) is 20.0 Å². The molecule has 0 atom stereocenters. The van der Waals surface area contributed by atoms with Crippen molar-refractivity contribution in [1.82, 2.24) is 4.90 Å². The number of hydrogen-bond acceptors (Lipinski definition) is 3. The van der Waals surface area contributed by atoms with Gasteiger partial charge in [-0.15, -0.1) is 0 Å². The summed E-state index contributed by atoms with van der Waals surface area (Å²) in [6.45, 7) is 3.04. The third-order valence-corrected chi connectivity index (χ3v) is 4.16. The van der Waals surface area contributed by atoms with E-state index in [2.05, 4.69) is 5.38 Å². The van der Waals surface area contributed by atoms with Crippen LogP contribution in [0.2, 0.25) is 0 Å². The zero-order chi connectivity index (χ0) is 15.4. The van der Waals surface area contributed by atoms with Gasteiger partial charge in [0.15, 0.2) is 0 Å². The van der Waals surface area contributed by atoms with Gasteiger partial charge in [-0.05, 0) is 53.6 Å². The number of thiophene rings is 1. The number of carbonyl (C=O) groups is 1. The summed E-state index contributed by atoms with van der Waals surface area (Å²) in [5.41, 5.74) is 2.93. The van der Waals surface area contributed by atoms with Crippen LogP contribution in [0, 0.1) is 6.92 Å². The van der Waals surface area contributed by atoms with E-state index in [9.17, 15) is 4.79 Å². The average molecular weight is 311 g/mol. The normalized spacial score (nSPS) is 10.6. The first-order valence-corrected chi connectivity index (χ1v) is 8.06. The zero-order valence-corrected chi connectivity index (χ0v) is 13.2. The summed E-state index contributed by atoms with van der Waals surface area (Å²) in [4.78, 5) is 14.7. The van der Waals surface area contributed by atoms with E-state index in [1.165, 1.54) is 0 Å². The molecule has 0 saturated carbocycles. The van der Waals surface area contributed by atoms with Crippen LogP contribution in [-0.2, 0) is 13.1 Å². The van der Waals surface area contributed by atoms with E-state index in [1.54, 1.807) is 17.6 Å². The first kappa shape index (κ1) is 14.6. The molecule has 3 aromatic rings. The van der Waals surface area contributed by atoms with Crippen molar-refractivity contribution in [1.29, 1.82) is 0 Å². The van der Waals surface area contributed by atoms with Crippen LogP contribution in [0.5, 0.6) is 0 Å². The van der Waals surface area contributed by atoms with Gasteiger partial charge in [0, 0.05) is 12.1 Å². The van der Waals surface area contributed by atoms with Crippen LogP contribution in [0.1, 0.15) is 27.2 Å². The number of hydrogen-bond donors (Lipinski definition) is 0. The molecule has 2 aromatic heterocycles. The van der Waals surface area contributed by atoms with Crippen molar-refractivity contribution < 1.29 is 9.21 Å². The third kappa shape index (κ3) is 3.46. The number of nitrogens with zero attached hydrogens (tertiary/aromatic N) is 1. The minimum absolute atomic E-state index is 0.0197. The quantitative estimate of drug-likeness (QED) is 0.695. The molecule has 0 aliphatic rings. The molecule has 0 saturated heterocycles. The summed E-state index contributed by atoms with van der Waals surface area (Å²) < 4.78 is 5.40. The molecule has 3 rings (SSSR count). The van der Waals surface area contributed by atoms with Gasteiger partial charge < -0.3 is 9.32 Å². The van der Waals surface area contributed by atoms with Gasteiger partial charge in [0.1, 0.15) is 5.76 Å². The lowest BCUT2D eigenvalue weighted by molar-refractivity contribution is 0.0718. The Hall–Kier alpha value is -2.33. The van der Waals surface area contributed by atoms with Gasteiger partial charge in [0.05, 0.1) is 12.8 Å². The van der Waals surface area contributed by atoms with E-state index in [0.717, 1.165) is 16.9 Å². The standard InChI is InChI=1S/C18H17NO2S/c1-14-4-2-5-16(10-14)18(20)19(11-15-7-9-22-13-15)12-17-6-3-8-21-17/h2-10,13H,11-12H2,1H3. The fraction of sp³-hybridized carbons (Fsp3) is 0.167. The number of amides is 1. The molecular weight excluding hydrogens is 294 g/mol. The summed E-state index contributed by atoms with van der Waals surface area (Å²) in [6, 6.07) is 13.5. The Kier molecular flexibility index (Phi) is 4.39. The maximum absolute atomic E-state index is 12.8. The second kappa shape index (κ2) is 6.62.